The van der Waals surface area contributed by atoms with Gasteiger partial charge in [-0.25, -0.2) is 0 Å². The normalized spacial score (nSPS) is 31.8. The minimum Gasteiger partial charge on any atom is -0.356 e. The van der Waals surface area contributed by atoms with Crippen LogP contribution in [0.4, 0.5) is 0 Å². The second kappa shape index (κ2) is 4.30. The Labute approximate surface area is 85.4 Å². The van der Waals surface area contributed by atoms with Crippen LogP contribution in [-0.2, 0) is 4.79 Å². The number of amides is 1. The van der Waals surface area contributed by atoms with Crippen molar-refractivity contribution in [3.05, 3.63) is 0 Å². The average molecular weight is 196 g/mol. The second-order valence-corrected chi connectivity index (χ2v) is 4.74. The smallest absolute Gasteiger partial charge is 0.224 e. The standard InChI is InChI=1S/C11H20N2O/c12-10-7-9(10)11(14)13-6-5-8-3-1-2-4-8/h8-10H,1-7,12H2,(H,13,14). The zero-order chi connectivity index (χ0) is 9.97. The molecule has 0 heterocycles. The number of carbonyl (C=O) groups is 1. The van der Waals surface area contributed by atoms with Crippen molar-refractivity contribution in [1.29, 1.82) is 0 Å². The molecule has 14 heavy (non-hydrogen) atoms. The Hall–Kier alpha value is -0.570. The third-order valence-electron chi connectivity index (χ3n) is 3.50. The molecule has 0 radical (unpaired) electrons. The summed E-state index contributed by atoms with van der Waals surface area (Å²) in [5.41, 5.74) is 5.60. The highest BCUT2D eigenvalue weighted by atomic mass is 16.2. The van der Waals surface area contributed by atoms with E-state index in [0.717, 1.165) is 25.3 Å². The fraction of sp³-hybridized carbons (Fsp3) is 0.909. The molecule has 0 aromatic rings. The van der Waals surface area contributed by atoms with Crippen LogP contribution in [0, 0.1) is 11.8 Å². The molecule has 0 aromatic carbocycles. The van der Waals surface area contributed by atoms with Gasteiger partial charge in [-0.05, 0) is 18.8 Å². The van der Waals surface area contributed by atoms with Crippen molar-refractivity contribution in [2.75, 3.05) is 6.54 Å². The molecule has 3 N–H and O–H groups in total. The van der Waals surface area contributed by atoms with Gasteiger partial charge >= 0.3 is 0 Å². The van der Waals surface area contributed by atoms with Crippen molar-refractivity contribution in [2.45, 2.75) is 44.6 Å². The van der Waals surface area contributed by atoms with Gasteiger partial charge in [-0.15, -0.1) is 0 Å². The molecule has 1 amide bonds. The monoisotopic (exact) mass is 196 g/mol. The Morgan fingerprint density at radius 2 is 2.00 bits per heavy atom. The first-order valence-electron chi connectivity index (χ1n) is 5.80. The van der Waals surface area contributed by atoms with Crippen molar-refractivity contribution in [3.8, 4) is 0 Å². The molecule has 2 rings (SSSR count). The maximum Gasteiger partial charge on any atom is 0.224 e. The first kappa shape index (κ1) is 9.97. The molecule has 2 aliphatic rings. The van der Waals surface area contributed by atoms with E-state index < -0.39 is 0 Å². The molecule has 2 unspecified atom stereocenters. The molecule has 80 valence electrons. The minimum atomic E-state index is 0.124. The van der Waals surface area contributed by atoms with Crippen LogP contribution in [0.25, 0.3) is 0 Å². The van der Waals surface area contributed by atoms with E-state index in [4.69, 9.17) is 5.73 Å². The van der Waals surface area contributed by atoms with Crippen molar-refractivity contribution < 1.29 is 4.79 Å². The van der Waals surface area contributed by atoms with Gasteiger partial charge in [0.25, 0.3) is 0 Å². The molecule has 0 aromatic heterocycles. The molecule has 0 aliphatic heterocycles. The Balaban J connectivity index is 1.56. The molecule has 2 fully saturated rings. The van der Waals surface area contributed by atoms with Gasteiger partial charge < -0.3 is 11.1 Å². The Morgan fingerprint density at radius 3 is 2.57 bits per heavy atom. The summed E-state index contributed by atoms with van der Waals surface area (Å²) >= 11 is 0. The van der Waals surface area contributed by atoms with E-state index in [1.165, 1.54) is 25.7 Å². The van der Waals surface area contributed by atoms with Gasteiger partial charge in [-0.1, -0.05) is 25.7 Å². The zero-order valence-corrected chi connectivity index (χ0v) is 8.67. The van der Waals surface area contributed by atoms with Crippen molar-refractivity contribution >= 4 is 5.91 Å². The second-order valence-electron chi connectivity index (χ2n) is 4.74. The quantitative estimate of drug-likeness (QED) is 0.705. The van der Waals surface area contributed by atoms with Crippen LogP contribution < -0.4 is 11.1 Å². The van der Waals surface area contributed by atoms with Gasteiger partial charge in [-0.3, -0.25) is 4.79 Å². The number of nitrogens with two attached hydrogens (primary N) is 1. The van der Waals surface area contributed by atoms with Gasteiger partial charge in [0.1, 0.15) is 0 Å². The third kappa shape index (κ3) is 2.47. The van der Waals surface area contributed by atoms with E-state index in [0.29, 0.717) is 0 Å². The minimum absolute atomic E-state index is 0.124. The first-order valence-corrected chi connectivity index (χ1v) is 5.80. The maximum absolute atomic E-state index is 11.4. The van der Waals surface area contributed by atoms with E-state index in [-0.39, 0.29) is 17.9 Å². The summed E-state index contributed by atoms with van der Waals surface area (Å²) in [5.74, 6) is 1.16. The SMILES string of the molecule is NC1CC1C(=O)NCCC1CCCC1. The van der Waals surface area contributed by atoms with E-state index >= 15 is 0 Å². The summed E-state index contributed by atoms with van der Waals surface area (Å²) in [4.78, 5) is 11.4. The lowest BCUT2D eigenvalue weighted by Gasteiger charge is -2.09. The highest BCUT2D eigenvalue weighted by Gasteiger charge is 2.39. The predicted molar refractivity (Wildman–Crippen MR) is 55.7 cm³/mol. The fourth-order valence-corrected chi connectivity index (χ4v) is 2.35. The third-order valence-corrected chi connectivity index (χ3v) is 3.50. The van der Waals surface area contributed by atoms with Crippen LogP contribution in [0.2, 0.25) is 0 Å². The van der Waals surface area contributed by atoms with E-state index in [1.54, 1.807) is 0 Å². The lowest BCUT2D eigenvalue weighted by Crippen LogP contribution is -2.29. The van der Waals surface area contributed by atoms with Gasteiger partial charge in [0.2, 0.25) is 5.91 Å². The van der Waals surface area contributed by atoms with Crippen LogP contribution in [0.3, 0.4) is 0 Å². The van der Waals surface area contributed by atoms with Gasteiger partial charge in [0.15, 0.2) is 0 Å². The number of rotatable bonds is 4. The van der Waals surface area contributed by atoms with Crippen molar-refractivity contribution in [1.82, 2.24) is 5.32 Å². The van der Waals surface area contributed by atoms with Crippen LogP contribution in [0.1, 0.15) is 38.5 Å². The Bertz CT molecular complexity index is 211. The summed E-state index contributed by atoms with van der Waals surface area (Å²) in [6.07, 6.45) is 7.53. The highest BCUT2D eigenvalue weighted by Crippen LogP contribution is 2.29. The highest BCUT2D eigenvalue weighted by molar-refractivity contribution is 5.82. The van der Waals surface area contributed by atoms with E-state index in [1.807, 2.05) is 0 Å². The summed E-state index contributed by atoms with van der Waals surface area (Å²) in [6, 6.07) is 0.140. The van der Waals surface area contributed by atoms with Crippen LogP contribution in [0.15, 0.2) is 0 Å². The summed E-state index contributed by atoms with van der Waals surface area (Å²) in [5, 5.41) is 2.98. The van der Waals surface area contributed by atoms with Gasteiger partial charge in [-0.2, -0.15) is 0 Å². The van der Waals surface area contributed by atoms with Crippen LogP contribution >= 0.6 is 0 Å². The van der Waals surface area contributed by atoms with E-state index in [9.17, 15) is 4.79 Å². The van der Waals surface area contributed by atoms with Gasteiger partial charge in [0.05, 0.1) is 5.92 Å². The Morgan fingerprint density at radius 1 is 1.36 bits per heavy atom. The average Bonchev–Trinajstić information content (AvgIpc) is 2.68. The molecule has 2 saturated carbocycles. The van der Waals surface area contributed by atoms with Crippen LogP contribution in [-0.4, -0.2) is 18.5 Å². The lowest BCUT2D eigenvalue weighted by molar-refractivity contribution is -0.122. The molecular formula is C11H20N2O. The maximum atomic E-state index is 11.4. The molecular weight excluding hydrogens is 176 g/mol. The molecule has 0 spiro atoms. The van der Waals surface area contributed by atoms with Gasteiger partial charge in [0, 0.05) is 12.6 Å². The van der Waals surface area contributed by atoms with Crippen LogP contribution in [0.5, 0.6) is 0 Å². The lowest BCUT2D eigenvalue weighted by atomic mass is 10.0. The fourth-order valence-electron chi connectivity index (χ4n) is 2.35. The molecule has 3 nitrogen and oxygen atoms in total. The summed E-state index contributed by atoms with van der Waals surface area (Å²) < 4.78 is 0. The van der Waals surface area contributed by atoms with E-state index in [2.05, 4.69) is 5.32 Å². The summed E-state index contributed by atoms with van der Waals surface area (Å²) in [6.45, 7) is 0.854. The number of hydrogen-bond acceptors (Lipinski definition) is 2. The molecule has 2 aliphatic carbocycles. The molecule has 3 heteroatoms. The molecule has 0 bridgehead atoms. The summed E-state index contributed by atoms with van der Waals surface area (Å²) in [7, 11) is 0. The number of hydrogen-bond donors (Lipinski definition) is 2. The zero-order valence-electron chi connectivity index (χ0n) is 8.67. The predicted octanol–water partition coefficient (Wildman–Crippen LogP) is 1.03. The first-order chi connectivity index (χ1) is 6.77. The number of carbonyl (C=O) groups excluding carboxylic acids is 1. The Kier molecular flexibility index (Phi) is 3.06. The largest absolute Gasteiger partial charge is 0.356 e. The van der Waals surface area contributed by atoms with Crippen molar-refractivity contribution in [2.24, 2.45) is 17.6 Å². The van der Waals surface area contributed by atoms with Crippen molar-refractivity contribution in [3.63, 3.8) is 0 Å². The number of nitrogens with one attached hydrogen (secondary N) is 1. The molecule has 0 saturated heterocycles. The topological polar surface area (TPSA) is 55.1 Å². The molecule has 2 atom stereocenters.